The molecule has 126 valence electrons. The van der Waals surface area contributed by atoms with Crippen LogP contribution in [0.3, 0.4) is 0 Å². The molecule has 5 heteroatoms. The number of amides is 1. The largest absolute Gasteiger partial charge is 0.357 e. The molecule has 1 amide bonds. The normalized spacial score (nSPS) is 27.3. The molecule has 0 saturated carbocycles. The fourth-order valence-electron chi connectivity index (χ4n) is 4.11. The molecule has 3 N–H and O–H groups in total. The summed E-state index contributed by atoms with van der Waals surface area (Å²) in [6, 6.07) is 14.8. The maximum Gasteiger partial charge on any atom is 0.270 e. The zero-order chi connectivity index (χ0) is 16.4. The van der Waals surface area contributed by atoms with E-state index in [0.717, 1.165) is 32.5 Å². The van der Waals surface area contributed by atoms with Crippen LogP contribution in [-0.4, -0.2) is 41.5 Å². The number of carbonyl (C=O) groups is 1. The molecule has 0 radical (unpaired) electrons. The molecule has 1 aromatic heterocycles. The van der Waals surface area contributed by atoms with E-state index < -0.39 is 0 Å². The number of piperidine rings is 1. The molecule has 4 rings (SSSR count). The molecule has 5 nitrogen and oxygen atoms in total. The van der Waals surface area contributed by atoms with Gasteiger partial charge in [-0.15, -0.1) is 0 Å². The lowest BCUT2D eigenvalue weighted by Gasteiger charge is -2.37. The average molecular weight is 324 g/mol. The zero-order valence-electron chi connectivity index (χ0n) is 13.7. The Labute approximate surface area is 142 Å². The van der Waals surface area contributed by atoms with E-state index in [4.69, 9.17) is 0 Å². The summed E-state index contributed by atoms with van der Waals surface area (Å²) in [5.41, 5.74) is 8.86. The van der Waals surface area contributed by atoms with Crippen LogP contribution in [0, 0.1) is 5.92 Å². The minimum Gasteiger partial charge on any atom is -0.357 e. The highest BCUT2D eigenvalue weighted by Crippen LogP contribution is 2.31. The first-order valence-electron chi connectivity index (χ1n) is 8.79. The second-order valence-corrected chi connectivity index (χ2v) is 6.81. The lowest BCUT2D eigenvalue weighted by atomic mass is 9.81. The van der Waals surface area contributed by atoms with E-state index in [2.05, 4.69) is 46.2 Å². The minimum absolute atomic E-state index is 0.118. The van der Waals surface area contributed by atoms with Crippen molar-refractivity contribution in [2.45, 2.75) is 24.8 Å². The van der Waals surface area contributed by atoms with Gasteiger partial charge in [0, 0.05) is 37.8 Å². The van der Waals surface area contributed by atoms with Gasteiger partial charge in [0.15, 0.2) is 0 Å². The molecule has 2 aromatic rings. The van der Waals surface area contributed by atoms with Crippen molar-refractivity contribution in [3.63, 3.8) is 0 Å². The van der Waals surface area contributed by atoms with Crippen molar-refractivity contribution in [3.8, 4) is 0 Å². The third-order valence-electron chi connectivity index (χ3n) is 5.33. The van der Waals surface area contributed by atoms with Crippen LogP contribution in [-0.2, 0) is 0 Å². The second-order valence-electron chi connectivity index (χ2n) is 6.81. The number of aromatic amines is 1. The standard InChI is InChI=1S/C19H24N4O/c24-19(17-9-4-10-20-17)23-11-5-8-15(13-23)18-16(12-21-22-18)14-6-2-1-3-7-14/h1-4,6-7,9-10,15-16,18,20-22H,5,8,11-13H2. The molecule has 3 heterocycles. The number of carbonyl (C=O) groups excluding carboxylic acids is 1. The van der Waals surface area contributed by atoms with Gasteiger partial charge in [-0.2, -0.15) is 0 Å². The first-order chi connectivity index (χ1) is 11.8. The number of hydrogen-bond donors (Lipinski definition) is 3. The van der Waals surface area contributed by atoms with Gasteiger partial charge in [-0.3, -0.25) is 15.6 Å². The molecule has 2 saturated heterocycles. The first-order valence-corrected chi connectivity index (χ1v) is 8.79. The van der Waals surface area contributed by atoms with Crippen molar-refractivity contribution in [3.05, 3.63) is 59.9 Å². The molecule has 3 atom stereocenters. The summed E-state index contributed by atoms with van der Waals surface area (Å²) < 4.78 is 0. The van der Waals surface area contributed by atoms with Crippen molar-refractivity contribution < 1.29 is 4.79 Å². The number of nitrogens with zero attached hydrogens (tertiary/aromatic N) is 1. The third kappa shape index (κ3) is 2.97. The summed E-state index contributed by atoms with van der Waals surface area (Å²) in [6.07, 6.45) is 4.04. The molecule has 24 heavy (non-hydrogen) atoms. The topological polar surface area (TPSA) is 60.2 Å². The van der Waals surface area contributed by atoms with Crippen molar-refractivity contribution in [1.29, 1.82) is 0 Å². The minimum atomic E-state index is 0.118. The summed E-state index contributed by atoms with van der Waals surface area (Å²) in [4.78, 5) is 17.7. The first kappa shape index (κ1) is 15.4. The zero-order valence-corrected chi connectivity index (χ0v) is 13.7. The van der Waals surface area contributed by atoms with Crippen LogP contribution in [0.1, 0.15) is 34.8 Å². The average Bonchev–Trinajstić information content (AvgIpc) is 3.34. The summed E-state index contributed by atoms with van der Waals surface area (Å²) in [5, 5.41) is 0. The molecule has 2 aliphatic heterocycles. The van der Waals surface area contributed by atoms with Gasteiger partial charge in [-0.25, -0.2) is 0 Å². The second kappa shape index (κ2) is 6.79. The van der Waals surface area contributed by atoms with Gasteiger partial charge in [-0.05, 0) is 36.5 Å². The van der Waals surface area contributed by atoms with Crippen molar-refractivity contribution in [1.82, 2.24) is 20.7 Å². The molecule has 0 aliphatic carbocycles. The van der Waals surface area contributed by atoms with Gasteiger partial charge < -0.3 is 9.88 Å². The predicted molar refractivity (Wildman–Crippen MR) is 93.5 cm³/mol. The lowest BCUT2D eigenvalue weighted by Crippen LogP contribution is -2.48. The van der Waals surface area contributed by atoms with Gasteiger partial charge >= 0.3 is 0 Å². The van der Waals surface area contributed by atoms with Crippen molar-refractivity contribution in [2.24, 2.45) is 5.92 Å². The number of hydrogen-bond acceptors (Lipinski definition) is 3. The molecule has 3 unspecified atom stereocenters. The fraction of sp³-hybridized carbons (Fsp3) is 0.421. The van der Waals surface area contributed by atoms with Crippen LogP contribution in [0.2, 0.25) is 0 Å². The Morgan fingerprint density at radius 1 is 1.12 bits per heavy atom. The maximum absolute atomic E-state index is 12.6. The van der Waals surface area contributed by atoms with Crippen molar-refractivity contribution >= 4 is 5.91 Å². The molecular formula is C19H24N4O. The number of H-pyrrole nitrogens is 1. The molecule has 0 spiro atoms. The van der Waals surface area contributed by atoms with Crippen LogP contribution in [0.25, 0.3) is 0 Å². The highest BCUT2D eigenvalue weighted by molar-refractivity contribution is 5.92. The quantitative estimate of drug-likeness (QED) is 0.810. The number of rotatable bonds is 3. The number of aromatic nitrogens is 1. The van der Waals surface area contributed by atoms with Crippen molar-refractivity contribution in [2.75, 3.05) is 19.6 Å². The number of likely N-dealkylation sites (tertiary alicyclic amines) is 1. The molecule has 1 aromatic carbocycles. The Morgan fingerprint density at radius 2 is 2.00 bits per heavy atom. The monoisotopic (exact) mass is 324 g/mol. The summed E-state index contributed by atoms with van der Waals surface area (Å²) in [5.74, 6) is 1.04. The van der Waals surface area contributed by atoms with Gasteiger partial charge in [0.25, 0.3) is 5.91 Å². The Balaban J connectivity index is 1.48. The van der Waals surface area contributed by atoms with Gasteiger partial charge in [0.1, 0.15) is 5.69 Å². The highest BCUT2D eigenvalue weighted by Gasteiger charge is 2.37. The van der Waals surface area contributed by atoms with Gasteiger partial charge in [0.2, 0.25) is 0 Å². The molecule has 0 bridgehead atoms. The van der Waals surface area contributed by atoms with E-state index in [9.17, 15) is 4.79 Å². The lowest BCUT2D eigenvalue weighted by molar-refractivity contribution is 0.0639. The van der Waals surface area contributed by atoms with Crippen LogP contribution >= 0.6 is 0 Å². The van der Waals surface area contributed by atoms with E-state index in [0.29, 0.717) is 23.6 Å². The summed E-state index contributed by atoms with van der Waals surface area (Å²) in [6.45, 7) is 2.61. The number of benzene rings is 1. The smallest absolute Gasteiger partial charge is 0.270 e. The van der Waals surface area contributed by atoms with Crippen LogP contribution in [0.15, 0.2) is 48.7 Å². The van der Waals surface area contributed by atoms with Crippen LogP contribution in [0.5, 0.6) is 0 Å². The summed E-state index contributed by atoms with van der Waals surface area (Å²) >= 11 is 0. The highest BCUT2D eigenvalue weighted by atomic mass is 16.2. The predicted octanol–water partition coefficient (Wildman–Crippen LogP) is 2.13. The van der Waals surface area contributed by atoms with E-state index in [-0.39, 0.29) is 5.91 Å². The summed E-state index contributed by atoms with van der Waals surface area (Å²) in [7, 11) is 0. The molecule has 2 fully saturated rings. The third-order valence-corrected chi connectivity index (χ3v) is 5.33. The molecular weight excluding hydrogens is 300 g/mol. The van der Waals surface area contributed by atoms with Crippen LogP contribution < -0.4 is 10.9 Å². The Kier molecular flexibility index (Phi) is 4.36. The van der Waals surface area contributed by atoms with Crippen LogP contribution in [0.4, 0.5) is 0 Å². The van der Waals surface area contributed by atoms with E-state index in [1.165, 1.54) is 5.56 Å². The van der Waals surface area contributed by atoms with Gasteiger partial charge in [0.05, 0.1) is 0 Å². The van der Waals surface area contributed by atoms with Gasteiger partial charge in [-0.1, -0.05) is 30.3 Å². The fourth-order valence-corrected chi connectivity index (χ4v) is 4.11. The number of hydrazine groups is 1. The maximum atomic E-state index is 12.6. The molecule has 2 aliphatic rings. The SMILES string of the molecule is O=C(c1ccc[nH]1)N1CCCC(C2NNCC2c2ccccc2)C1. The Hall–Kier alpha value is -2.11. The van der Waals surface area contributed by atoms with E-state index >= 15 is 0 Å². The Morgan fingerprint density at radius 3 is 2.79 bits per heavy atom. The number of nitrogens with one attached hydrogen (secondary N) is 3. The Bertz CT molecular complexity index is 670. The van der Waals surface area contributed by atoms with E-state index in [1.807, 2.05) is 23.2 Å². The van der Waals surface area contributed by atoms with E-state index in [1.54, 1.807) is 0 Å².